The van der Waals surface area contributed by atoms with Crippen LogP contribution in [0.3, 0.4) is 0 Å². The van der Waals surface area contributed by atoms with Gasteiger partial charge in [-0.3, -0.25) is 4.79 Å². The predicted molar refractivity (Wildman–Crippen MR) is 43.9 cm³/mol. The van der Waals surface area contributed by atoms with Crippen LogP contribution in [0.1, 0.15) is 13.8 Å². The number of aldehydes is 1. The van der Waals surface area contributed by atoms with Crippen LogP contribution in [0.5, 0.6) is 0 Å². The van der Waals surface area contributed by atoms with Crippen LogP contribution in [0.4, 0.5) is 0 Å². The number of carbonyl (C=O) groups is 1. The molecule has 1 fully saturated rings. The predicted octanol–water partition coefficient (Wildman–Crippen LogP) is 0.618. The van der Waals surface area contributed by atoms with Crippen molar-refractivity contribution >= 4 is 6.29 Å². The van der Waals surface area contributed by atoms with E-state index < -0.39 is 11.9 Å². The Bertz CT molecular complexity index is 246. The largest absolute Gasteiger partial charge is 0.488 e. The van der Waals surface area contributed by atoms with E-state index in [1.807, 2.05) is 13.8 Å². The quantitative estimate of drug-likeness (QED) is 0.560. The van der Waals surface area contributed by atoms with Crippen LogP contribution >= 0.6 is 0 Å². The van der Waals surface area contributed by atoms with Crippen molar-refractivity contribution in [3.8, 4) is 0 Å². The first-order chi connectivity index (χ1) is 6.12. The number of carbonyl (C=O) groups excluding carboxylic acids is 1. The van der Waals surface area contributed by atoms with Gasteiger partial charge in [0.2, 0.25) is 0 Å². The smallest absolute Gasteiger partial charge is 0.182 e. The second-order valence-electron chi connectivity index (χ2n) is 3.63. The highest BCUT2D eigenvalue weighted by atomic mass is 16.8. The van der Waals surface area contributed by atoms with Crippen LogP contribution in [0.2, 0.25) is 0 Å². The molecule has 0 saturated carbocycles. The standard InChI is InChI=1S/C9H12O4/c1-9(2)12-6-3-4-11-7(5-10)8(6)13-9/h3-8H,1-2H3/t6-,7-,8-/m1/s1. The topological polar surface area (TPSA) is 44.8 Å². The molecule has 2 heterocycles. The van der Waals surface area contributed by atoms with Gasteiger partial charge in [-0.2, -0.15) is 0 Å². The number of ether oxygens (including phenoxy) is 3. The SMILES string of the molecule is CC1(C)O[C@H]2[C@@H](C=O)OC=C[C@H]2O1. The van der Waals surface area contributed by atoms with Crippen LogP contribution in [-0.2, 0) is 19.0 Å². The van der Waals surface area contributed by atoms with Gasteiger partial charge in [0.25, 0.3) is 0 Å². The Morgan fingerprint density at radius 3 is 2.85 bits per heavy atom. The van der Waals surface area contributed by atoms with Crippen molar-refractivity contribution in [2.24, 2.45) is 0 Å². The average Bonchev–Trinajstić information content (AvgIpc) is 2.37. The zero-order valence-electron chi connectivity index (χ0n) is 7.60. The molecular formula is C9H12O4. The molecule has 0 bridgehead atoms. The number of rotatable bonds is 1. The molecular weight excluding hydrogens is 172 g/mol. The summed E-state index contributed by atoms with van der Waals surface area (Å²) in [6, 6.07) is 0. The fourth-order valence-corrected chi connectivity index (χ4v) is 1.62. The Labute approximate surface area is 76.5 Å². The van der Waals surface area contributed by atoms with Crippen LogP contribution in [-0.4, -0.2) is 30.4 Å². The fraction of sp³-hybridized carbons (Fsp3) is 0.667. The van der Waals surface area contributed by atoms with Crippen molar-refractivity contribution in [2.75, 3.05) is 0 Å². The molecule has 4 heteroatoms. The molecule has 0 N–H and O–H groups in total. The Balaban J connectivity index is 2.19. The molecule has 2 aliphatic rings. The van der Waals surface area contributed by atoms with Crippen LogP contribution < -0.4 is 0 Å². The summed E-state index contributed by atoms with van der Waals surface area (Å²) in [6.07, 6.45) is 2.98. The maximum atomic E-state index is 10.6. The van der Waals surface area contributed by atoms with E-state index in [2.05, 4.69) is 0 Å². The van der Waals surface area contributed by atoms with Gasteiger partial charge in [-0.1, -0.05) is 0 Å². The van der Waals surface area contributed by atoms with Gasteiger partial charge in [0.05, 0.1) is 6.26 Å². The van der Waals surface area contributed by atoms with E-state index in [0.29, 0.717) is 0 Å². The first-order valence-corrected chi connectivity index (χ1v) is 4.25. The first kappa shape index (κ1) is 8.72. The van der Waals surface area contributed by atoms with Crippen LogP contribution in [0.25, 0.3) is 0 Å². The molecule has 2 aliphatic heterocycles. The zero-order valence-corrected chi connectivity index (χ0v) is 7.60. The third-order valence-electron chi connectivity index (χ3n) is 2.13. The lowest BCUT2D eigenvalue weighted by molar-refractivity contribution is -0.154. The molecule has 2 rings (SSSR count). The van der Waals surface area contributed by atoms with Crippen molar-refractivity contribution in [1.82, 2.24) is 0 Å². The zero-order chi connectivity index (χ0) is 9.47. The third-order valence-corrected chi connectivity index (χ3v) is 2.13. The van der Waals surface area contributed by atoms with Crippen molar-refractivity contribution in [2.45, 2.75) is 37.9 Å². The molecule has 0 spiro atoms. The molecule has 0 aromatic carbocycles. The molecule has 0 aromatic rings. The van der Waals surface area contributed by atoms with Crippen molar-refractivity contribution < 1.29 is 19.0 Å². The molecule has 0 aliphatic carbocycles. The summed E-state index contributed by atoms with van der Waals surface area (Å²) in [4.78, 5) is 10.6. The Morgan fingerprint density at radius 2 is 2.15 bits per heavy atom. The maximum Gasteiger partial charge on any atom is 0.182 e. The first-order valence-electron chi connectivity index (χ1n) is 4.25. The number of hydrogen-bond acceptors (Lipinski definition) is 4. The van der Waals surface area contributed by atoms with Gasteiger partial charge in [0, 0.05) is 0 Å². The van der Waals surface area contributed by atoms with Gasteiger partial charge >= 0.3 is 0 Å². The van der Waals surface area contributed by atoms with Crippen molar-refractivity contribution in [3.63, 3.8) is 0 Å². The van der Waals surface area contributed by atoms with Gasteiger partial charge in [-0.15, -0.1) is 0 Å². The molecule has 0 radical (unpaired) electrons. The third kappa shape index (κ3) is 1.47. The van der Waals surface area contributed by atoms with Gasteiger partial charge in [-0.05, 0) is 19.9 Å². The highest BCUT2D eigenvalue weighted by Gasteiger charge is 2.46. The van der Waals surface area contributed by atoms with E-state index in [9.17, 15) is 4.79 Å². The van der Waals surface area contributed by atoms with Gasteiger partial charge < -0.3 is 14.2 Å². The van der Waals surface area contributed by atoms with Gasteiger partial charge in [0.1, 0.15) is 12.2 Å². The molecule has 0 amide bonds. The summed E-state index contributed by atoms with van der Waals surface area (Å²) in [6.45, 7) is 3.64. The lowest BCUT2D eigenvalue weighted by Gasteiger charge is -2.23. The van der Waals surface area contributed by atoms with Crippen LogP contribution in [0, 0.1) is 0 Å². The molecule has 1 saturated heterocycles. The summed E-state index contributed by atoms with van der Waals surface area (Å²) in [5, 5.41) is 0. The summed E-state index contributed by atoms with van der Waals surface area (Å²) >= 11 is 0. The summed E-state index contributed by atoms with van der Waals surface area (Å²) in [5.41, 5.74) is 0. The Hall–Kier alpha value is -0.870. The van der Waals surface area contributed by atoms with E-state index in [0.717, 1.165) is 6.29 Å². The van der Waals surface area contributed by atoms with E-state index in [1.165, 1.54) is 6.26 Å². The van der Waals surface area contributed by atoms with E-state index >= 15 is 0 Å². The number of hydrogen-bond donors (Lipinski definition) is 0. The highest BCUT2D eigenvalue weighted by Crippen LogP contribution is 2.33. The summed E-state index contributed by atoms with van der Waals surface area (Å²) in [5.74, 6) is -0.630. The Morgan fingerprint density at radius 1 is 1.38 bits per heavy atom. The van der Waals surface area contributed by atoms with E-state index in [-0.39, 0.29) is 12.2 Å². The summed E-state index contributed by atoms with van der Waals surface area (Å²) < 4.78 is 16.1. The average molecular weight is 184 g/mol. The van der Waals surface area contributed by atoms with E-state index in [1.54, 1.807) is 6.08 Å². The lowest BCUT2D eigenvalue weighted by Crippen LogP contribution is -2.39. The molecule has 13 heavy (non-hydrogen) atoms. The number of fused-ring (bicyclic) bond motifs is 1. The normalized spacial score (nSPS) is 40.9. The molecule has 72 valence electrons. The molecule has 4 nitrogen and oxygen atoms in total. The van der Waals surface area contributed by atoms with Crippen LogP contribution in [0.15, 0.2) is 12.3 Å². The lowest BCUT2D eigenvalue weighted by atomic mass is 10.1. The van der Waals surface area contributed by atoms with Crippen molar-refractivity contribution in [1.29, 1.82) is 0 Å². The fourth-order valence-electron chi connectivity index (χ4n) is 1.62. The second kappa shape index (κ2) is 2.82. The van der Waals surface area contributed by atoms with Gasteiger partial charge in [0.15, 0.2) is 18.2 Å². The maximum absolute atomic E-state index is 10.6. The minimum absolute atomic E-state index is 0.168. The minimum Gasteiger partial charge on any atom is -0.488 e. The molecule has 3 atom stereocenters. The van der Waals surface area contributed by atoms with Gasteiger partial charge in [-0.25, -0.2) is 0 Å². The second-order valence-corrected chi connectivity index (χ2v) is 3.63. The monoisotopic (exact) mass is 184 g/mol. The molecule has 0 unspecified atom stereocenters. The highest BCUT2D eigenvalue weighted by molar-refractivity contribution is 5.58. The minimum atomic E-state index is -0.630. The molecule has 0 aromatic heterocycles. The summed E-state index contributed by atoms with van der Waals surface area (Å²) in [7, 11) is 0. The Kier molecular flexibility index (Phi) is 1.89. The van der Waals surface area contributed by atoms with Crippen molar-refractivity contribution in [3.05, 3.63) is 12.3 Å². The van der Waals surface area contributed by atoms with E-state index in [4.69, 9.17) is 14.2 Å².